The average Bonchev–Trinajstić information content (AvgIpc) is 3.34. The van der Waals surface area contributed by atoms with Crippen LogP contribution in [0.1, 0.15) is 51.4 Å². The predicted octanol–water partition coefficient (Wildman–Crippen LogP) is 3.63. The molecule has 1 aliphatic carbocycles. The van der Waals surface area contributed by atoms with Gasteiger partial charge in [-0.25, -0.2) is 14.8 Å². The first-order valence-electron chi connectivity index (χ1n) is 10.3. The average molecular weight is 369 g/mol. The first-order valence-corrected chi connectivity index (χ1v) is 10.3. The lowest BCUT2D eigenvalue weighted by atomic mass is 9.78. The molecule has 0 bridgehead atoms. The summed E-state index contributed by atoms with van der Waals surface area (Å²) in [5.74, 6) is 1.48. The number of fused-ring (bicyclic) bond motifs is 2. The summed E-state index contributed by atoms with van der Waals surface area (Å²) in [7, 11) is 0. The van der Waals surface area contributed by atoms with E-state index in [1.165, 1.54) is 32.1 Å². The van der Waals surface area contributed by atoms with Crippen molar-refractivity contribution in [2.75, 3.05) is 11.4 Å². The number of hydrogen-bond donors (Lipinski definition) is 2. The quantitative estimate of drug-likeness (QED) is 0.844. The molecule has 144 valence electrons. The summed E-state index contributed by atoms with van der Waals surface area (Å²) in [5, 5.41) is 11.1. The topological polar surface area (TPSA) is 85.3 Å². The van der Waals surface area contributed by atoms with Crippen molar-refractivity contribution >= 4 is 22.9 Å². The maximum absolute atomic E-state index is 12.2. The third-order valence-electron chi connectivity index (χ3n) is 7.00. The van der Waals surface area contributed by atoms with Crippen LogP contribution in [0.4, 0.5) is 10.6 Å². The molecule has 3 atom stereocenters. The smallest absolute Gasteiger partial charge is 0.407 e. The summed E-state index contributed by atoms with van der Waals surface area (Å²) < 4.78 is 0. The number of likely N-dealkylation sites (tertiary alicyclic amines) is 1. The normalized spacial score (nSPS) is 29.3. The lowest BCUT2D eigenvalue weighted by Crippen LogP contribution is -2.58. The molecule has 2 aromatic rings. The van der Waals surface area contributed by atoms with E-state index in [4.69, 9.17) is 0 Å². The lowest BCUT2D eigenvalue weighted by molar-refractivity contribution is 0.0362. The highest BCUT2D eigenvalue weighted by atomic mass is 16.4. The molecule has 4 heterocycles. The Morgan fingerprint density at radius 1 is 1.04 bits per heavy atom. The molecule has 27 heavy (non-hydrogen) atoms. The molecule has 2 N–H and O–H groups in total. The summed E-state index contributed by atoms with van der Waals surface area (Å²) >= 11 is 0. The van der Waals surface area contributed by atoms with Crippen LogP contribution in [0.25, 0.3) is 11.0 Å². The van der Waals surface area contributed by atoms with E-state index >= 15 is 0 Å². The molecule has 1 unspecified atom stereocenters. The van der Waals surface area contributed by atoms with Crippen molar-refractivity contribution in [3.05, 3.63) is 18.6 Å². The van der Waals surface area contributed by atoms with Crippen molar-refractivity contribution in [2.24, 2.45) is 5.92 Å². The Morgan fingerprint density at radius 2 is 1.85 bits per heavy atom. The van der Waals surface area contributed by atoms with E-state index in [1.54, 1.807) is 6.33 Å². The van der Waals surface area contributed by atoms with Crippen LogP contribution in [0, 0.1) is 5.92 Å². The van der Waals surface area contributed by atoms with Crippen molar-refractivity contribution in [3.63, 3.8) is 0 Å². The van der Waals surface area contributed by atoms with Gasteiger partial charge in [-0.2, -0.15) is 0 Å². The second kappa shape index (κ2) is 6.69. The zero-order valence-electron chi connectivity index (χ0n) is 15.5. The van der Waals surface area contributed by atoms with Gasteiger partial charge in [0, 0.05) is 18.8 Å². The molecule has 0 spiro atoms. The van der Waals surface area contributed by atoms with Gasteiger partial charge in [0.1, 0.15) is 17.8 Å². The highest BCUT2D eigenvalue weighted by Gasteiger charge is 2.48. The Kier molecular flexibility index (Phi) is 4.17. The Labute approximate surface area is 158 Å². The van der Waals surface area contributed by atoms with E-state index < -0.39 is 6.09 Å². The number of H-pyrrole nitrogens is 1. The van der Waals surface area contributed by atoms with Crippen molar-refractivity contribution in [2.45, 2.75) is 69.5 Å². The van der Waals surface area contributed by atoms with Crippen LogP contribution >= 0.6 is 0 Å². The van der Waals surface area contributed by atoms with Crippen molar-refractivity contribution in [1.29, 1.82) is 0 Å². The molecule has 0 radical (unpaired) electrons. The van der Waals surface area contributed by atoms with Gasteiger partial charge in [0.15, 0.2) is 0 Å². The van der Waals surface area contributed by atoms with Gasteiger partial charge in [-0.1, -0.05) is 19.3 Å². The zero-order chi connectivity index (χ0) is 18.4. The summed E-state index contributed by atoms with van der Waals surface area (Å²) in [6.45, 7) is 0.855. The predicted molar refractivity (Wildman–Crippen MR) is 103 cm³/mol. The fourth-order valence-electron chi connectivity index (χ4n) is 5.85. The highest BCUT2D eigenvalue weighted by Crippen LogP contribution is 2.42. The monoisotopic (exact) mass is 369 g/mol. The second-order valence-electron chi connectivity index (χ2n) is 8.29. The van der Waals surface area contributed by atoms with Gasteiger partial charge in [0.2, 0.25) is 0 Å². The van der Waals surface area contributed by atoms with Crippen molar-refractivity contribution < 1.29 is 9.90 Å². The standard InChI is InChI=1S/C20H27N5O2/c26-20(27)25-15(13-4-2-1-3-5-13)6-7-16-17(25)9-11-24(16)19-14-8-10-21-18(14)22-12-23-19/h8,10,12-13,15-17H,1-7,9,11H2,(H,26,27)(H,21,22,23)/t15?,16-,17-/m1/s1. The van der Waals surface area contributed by atoms with Gasteiger partial charge >= 0.3 is 6.09 Å². The molecule has 7 nitrogen and oxygen atoms in total. The highest BCUT2D eigenvalue weighted by molar-refractivity contribution is 5.87. The Hall–Kier alpha value is -2.31. The number of rotatable bonds is 2. The van der Waals surface area contributed by atoms with Gasteiger partial charge in [-0.15, -0.1) is 0 Å². The largest absolute Gasteiger partial charge is 0.465 e. The molecule has 5 rings (SSSR count). The number of amides is 1. The number of carboxylic acid groups (broad SMARTS) is 1. The van der Waals surface area contributed by atoms with Crippen LogP contribution in [0.2, 0.25) is 0 Å². The Morgan fingerprint density at radius 3 is 2.67 bits per heavy atom. The van der Waals surface area contributed by atoms with Crippen LogP contribution in [-0.4, -0.2) is 55.7 Å². The molecule has 0 aromatic carbocycles. The lowest BCUT2D eigenvalue weighted by Gasteiger charge is -2.47. The number of aromatic nitrogens is 3. The third-order valence-corrected chi connectivity index (χ3v) is 7.00. The Bertz CT molecular complexity index is 831. The van der Waals surface area contributed by atoms with Gasteiger partial charge in [0.05, 0.1) is 17.5 Å². The summed E-state index contributed by atoms with van der Waals surface area (Å²) in [5.41, 5.74) is 0.842. The molecule has 1 saturated carbocycles. The van der Waals surface area contributed by atoms with Crippen LogP contribution in [0.3, 0.4) is 0 Å². The van der Waals surface area contributed by atoms with E-state index in [9.17, 15) is 9.90 Å². The van der Waals surface area contributed by atoms with Crippen LogP contribution in [0.5, 0.6) is 0 Å². The third kappa shape index (κ3) is 2.75. The number of nitrogens with one attached hydrogen (secondary N) is 1. The van der Waals surface area contributed by atoms with E-state index in [-0.39, 0.29) is 18.1 Å². The minimum absolute atomic E-state index is 0.0760. The van der Waals surface area contributed by atoms with Crippen LogP contribution in [-0.2, 0) is 0 Å². The van der Waals surface area contributed by atoms with E-state index in [2.05, 4.69) is 19.9 Å². The first kappa shape index (κ1) is 16.8. The number of hydrogen-bond acceptors (Lipinski definition) is 4. The maximum Gasteiger partial charge on any atom is 0.407 e. The number of aromatic amines is 1. The van der Waals surface area contributed by atoms with Gasteiger partial charge < -0.3 is 15.0 Å². The van der Waals surface area contributed by atoms with Crippen molar-refractivity contribution in [3.8, 4) is 0 Å². The molecule has 7 heteroatoms. The second-order valence-corrected chi connectivity index (χ2v) is 8.29. The number of anilines is 1. The van der Waals surface area contributed by atoms with Crippen molar-refractivity contribution in [1.82, 2.24) is 19.9 Å². The molecule has 2 aliphatic heterocycles. The van der Waals surface area contributed by atoms with Gasteiger partial charge in [-0.05, 0) is 44.1 Å². The molecule has 3 fully saturated rings. The SMILES string of the molecule is O=C(O)N1C(C2CCCCC2)CC[C@@H]2[C@H]1CCN2c1ncnc2[nH]ccc12. The molecular weight excluding hydrogens is 342 g/mol. The molecule has 3 aliphatic rings. The number of nitrogens with zero attached hydrogens (tertiary/aromatic N) is 4. The van der Waals surface area contributed by atoms with Gasteiger partial charge in [0.25, 0.3) is 0 Å². The summed E-state index contributed by atoms with van der Waals surface area (Å²) in [6, 6.07) is 2.50. The van der Waals surface area contributed by atoms with E-state index in [0.717, 1.165) is 42.7 Å². The molecular formula is C20H27N5O2. The molecule has 2 aromatic heterocycles. The fraction of sp³-hybridized carbons (Fsp3) is 0.650. The summed E-state index contributed by atoms with van der Waals surface area (Å²) in [6.07, 6.45) is 11.8. The van der Waals surface area contributed by atoms with Crippen LogP contribution < -0.4 is 4.90 Å². The maximum atomic E-state index is 12.2. The number of carbonyl (C=O) groups is 1. The van der Waals surface area contributed by atoms with Gasteiger partial charge in [-0.3, -0.25) is 4.90 Å². The zero-order valence-corrected chi connectivity index (χ0v) is 15.5. The minimum Gasteiger partial charge on any atom is -0.465 e. The Balaban J connectivity index is 1.44. The molecule has 2 saturated heterocycles. The molecule has 1 amide bonds. The number of piperidine rings is 1. The van der Waals surface area contributed by atoms with E-state index in [0.29, 0.717) is 5.92 Å². The van der Waals surface area contributed by atoms with Crippen LogP contribution in [0.15, 0.2) is 18.6 Å². The van der Waals surface area contributed by atoms with E-state index in [1.807, 2.05) is 17.2 Å². The first-order chi connectivity index (χ1) is 13.2. The summed E-state index contributed by atoms with van der Waals surface area (Å²) in [4.78, 5) is 28.4. The minimum atomic E-state index is -0.739. The fourth-order valence-corrected chi connectivity index (χ4v) is 5.85.